The first-order chi connectivity index (χ1) is 5.88. The molecule has 0 saturated carbocycles. The normalized spacial score (nSPS) is 11.7. The van der Waals surface area contributed by atoms with Crippen LogP contribution in [0, 0.1) is 0 Å². The summed E-state index contributed by atoms with van der Waals surface area (Å²) >= 11 is 0. The van der Waals surface area contributed by atoms with Gasteiger partial charge in [0.1, 0.15) is 0 Å². The number of hydrogen-bond acceptors (Lipinski definition) is 1. The fraction of sp³-hybridized carbons (Fsp3) is 0.100. The maximum atomic E-state index is 10.1. The maximum absolute atomic E-state index is 10.1. The van der Waals surface area contributed by atoms with Crippen molar-refractivity contribution >= 4 is 6.41 Å². The molecule has 1 aromatic rings. The number of rotatable bonds is 4. The Kier molecular flexibility index (Phi) is 3.08. The van der Waals surface area contributed by atoms with Crippen LogP contribution in [0.15, 0.2) is 43.0 Å². The smallest absolute Gasteiger partial charge is 0.229 e. The third-order valence-electron chi connectivity index (χ3n) is 1.59. The first-order valence-corrected chi connectivity index (χ1v) is 3.69. The van der Waals surface area contributed by atoms with Crippen LogP contribution in [0.25, 0.3) is 0 Å². The van der Waals surface area contributed by atoms with Crippen LogP contribution in [0.3, 0.4) is 0 Å². The standard InChI is InChI=1S/C10H10NO/c1-2-10(11-8-12)9-6-4-3-5-7-9/h2-8,10H,1H2. The van der Waals surface area contributed by atoms with Crippen molar-refractivity contribution in [2.45, 2.75) is 6.04 Å². The van der Waals surface area contributed by atoms with Crippen LogP contribution in [0.1, 0.15) is 11.6 Å². The van der Waals surface area contributed by atoms with Crippen molar-refractivity contribution in [2.24, 2.45) is 0 Å². The van der Waals surface area contributed by atoms with Gasteiger partial charge in [0, 0.05) is 0 Å². The molecule has 0 aliphatic carbocycles. The molecular weight excluding hydrogens is 150 g/mol. The van der Waals surface area contributed by atoms with Gasteiger partial charge < -0.3 is 0 Å². The Bertz CT molecular complexity index is 256. The SMILES string of the molecule is C=CC([N]C=O)c1ccccc1. The zero-order valence-electron chi connectivity index (χ0n) is 6.68. The van der Waals surface area contributed by atoms with E-state index in [0.717, 1.165) is 5.56 Å². The molecule has 2 heteroatoms. The van der Waals surface area contributed by atoms with Crippen LogP contribution in [0.4, 0.5) is 0 Å². The highest BCUT2D eigenvalue weighted by Gasteiger charge is 2.04. The number of benzene rings is 1. The van der Waals surface area contributed by atoms with Gasteiger partial charge in [-0.3, -0.25) is 4.79 Å². The van der Waals surface area contributed by atoms with Gasteiger partial charge in [0.05, 0.1) is 6.04 Å². The Hall–Kier alpha value is -1.57. The van der Waals surface area contributed by atoms with Crippen molar-refractivity contribution in [3.05, 3.63) is 48.6 Å². The van der Waals surface area contributed by atoms with Gasteiger partial charge in [0.2, 0.25) is 6.41 Å². The van der Waals surface area contributed by atoms with E-state index in [1.165, 1.54) is 0 Å². The first-order valence-electron chi connectivity index (χ1n) is 3.69. The third kappa shape index (κ3) is 1.95. The summed E-state index contributed by atoms with van der Waals surface area (Å²) in [6.07, 6.45) is 2.20. The quantitative estimate of drug-likeness (QED) is 0.487. The van der Waals surface area contributed by atoms with Crippen LogP contribution in [-0.4, -0.2) is 6.41 Å². The molecule has 0 aromatic heterocycles. The molecule has 0 heterocycles. The molecule has 1 rings (SSSR count). The summed E-state index contributed by atoms with van der Waals surface area (Å²) in [5, 5.41) is 3.71. The lowest BCUT2D eigenvalue weighted by atomic mass is 10.1. The molecule has 12 heavy (non-hydrogen) atoms. The Morgan fingerprint density at radius 2 is 2.00 bits per heavy atom. The summed E-state index contributed by atoms with van der Waals surface area (Å²) in [6, 6.07) is 9.37. The molecule has 0 N–H and O–H groups in total. The minimum Gasteiger partial charge on any atom is -0.277 e. The zero-order valence-corrected chi connectivity index (χ0v) is 6.68. The second kappa shape index (κ2) is 4.34. The number of carbonyl (C=O) groups is 1. The van der Waals surface area contributed by atoms with Crippen molar-refractivity contribution in [1.29, 1.82) is 0 Å². The lowest BCUT2D eigenvalue weighted by Crippen LogP contribution is -2.08. The summed E-state index contributed by atoms with van der Waals surface area (Å²) in [5.41, 5.74) is 0.986. The summed E-state index contributed by atoms with van der Waals surface area (Å²) < 4.78 is 0. The fourth-order valence-corrected chi connectivity index (χ4v) is 0.999. The van der Waals surface area contributed by atoms with E-state index in [-0.39, 0.29) is 6.04 Å². The first kappa shape index (κ1) is 8.53. The van der Waals surface area contributed by atoms with Gasteiger partial charge >= 0.3 is 0 Å². The molecule has 0 spiro atoms. The monoisotopic (exact) mass is 160 g/mol. The Balaban J connectivity index is 2.79. The number of hydrogen-bond donors (Lipinski definition) is 0. The lowest BCUT2D eigenvalue weighted by molar-refractivity contribution is -0.110. The molecular formula is C10H10NO. The van der Waals surface area contributed by atoms with Crippen molar-refractivity contribution in [3.63, 3.8) is 0 Å². The summed E-state index contributed by atoms with van der Waals surface area (Å²) in [6.45, 7) is 3.60. The molecule has 0 aliphatic heterocycles. The molecule has 1 amide bonds. The van der Waals surface area contributed by atoms with Gasteiger partial charge in [0.25, 0.3) is 0 Å². The summed E-state index contributed by atoms with van der Waals surface area (Å²) in [7, 11) is 0. The Labute approximate surface area is 71.9 Å². The topological polar surface area (TPSA) is 31.2 Å². The van der Waals surface area contributed by atoms with E-state index in [4.69, 9.17) is 0 Å². The van der Waals surface area contributed by atoms with E-state index in [2.05, 4.69) is 11.9 Å². The molecule has 1 radical (unpaired) electrons. The van der Waals surface area contributed by atoms with E-state index in [9.17, 15) is 4.79 Å². The predicted molar refractivity (Wildman–Crippen MR) is 47.6 cm³/mol. The van der Waals surface area contributed by atoms with Crippen molar-refractivity contribution in [2.75, 3.05) is 0 Å². The second-order valence-corrected chi connectivity index (χ2v) is 2.35. The maximum Gasteiger partial charge on any atom is 0.229 e. The Morgan fingerprint density at radius 1 is 1.33 bits per heavy atom. The average molecular weight is 160 g/mol. The van der Waals surface area contributed by atoms with Crippen LogP contribution in [0.5, 0.6) is 0 Å². The fourth-order valence-electron chi connectivity index (χ4n) is 0.999. The third-order valence-corrected chi connectivity index (χ3v) is 1.59. The predicted octanol–water partition coefficient (Wildman–Crippen LogP) is 1.67. The highest BCUT2D eigenvalue weighted by molar-refractivity contribution is 5.48. The van der Waals surface area contributed by atoms with Gasteiger partial charge in [-0.15, -0.1) is 6.58 Å². The van der Waals surface area contributed by atoms with E-state index in [1.54, 1.807) is 6.08 Å². The van der Waals surface area contributed by atoms with Crippen molar-refractivity contribution in [1.82, 2.24) is 5.32 Å². The van der Waals surface area contributed by atoms with Gasteiger partial charge in [-0.25, -0.2) is 5.32 Å². The summed E-state index contributed by atoms with van der Waals surface area (Å²) in [5.74, 6) is 0. The van der Waals surface area contributed by atoms with Crippen molar-refractivity contribution in [3.8, 4) is 0 Å². The largest absolute Gasteiger partial charge is 0.277 e. The molecule has 1 unspecified atom stereocenters. The second-order valence-electron chi connectivity index (χ2n) is 2.35. The van der Waals surface area contributed by atoms with Gasteiger partial charge in [-0.1, -0.05) is 36.4 Å². The summed E-state index contributed by atoms with van der Waals surface area (Å²) in [4.78, 5) is 10.1. The molecule has 0 bridgehead atoms. The highest BCUT2D eigenvalue weighted by Crippen LogP contribution is 2.12. The molecule has 1 aromatic carbocycles. The van der Waals surface area contributed by atoms with Gasteiger partial charge in [-0.05, 0) is 5.56 Å². The van der Waals surface area contributed by atoms with E-state index in [1.807, 2.05) is 30.3 Å². The van der Waals surface area contributed by atoms with Crippen LogP contribution < -0.4 is 5.32 Å². The minimum absolute atomic E-state index is 0.205. The molecule has 61 valence electrons. The molecule has 0 aliphatic rings. The zero-order chi connectivity index (χ0) is 8.81. The molecule has 1 atom stereocenters. The number of amides is 1. The van der Waals surface area contributed by atoms with Crippen molar-refractivity contribution < 1.29 is 4.79 Å². The molecule has 2 nitrogen and oxygen atoms in total. The Morgan fingerprint density at radius 3 is 2.50 bits per heavy atom. The highest BCUT2D eigenvalue weighted by atomic mass is 16.1. The minimum atomic E-state index is -0.205. The van der Waals surface area contributed by atoms with Crippen LogP contribution in [0.2, 0.25) is 0 Å². The van der Waals surface area contributed by atoms with Crippen LogP contribution >= 0.6 is 0 Å². The van der Waals surface area contributed by atoms with E-state index in [0.29, 0.717) is 6.41 Å². The molecule has 0 saturated heterocycles. The van der Waals surface area contributed by atoms with Gasteiger partial charge in [0.15, 0.2) is 0 Å². The lowest BCUT2D eigenvalue weighted by Gasteiger charge is -2.07. The van der Waals surface area contributed by atoms with Crippen LogP contribution in [-0.2, 0) is 4.79 Å². The number of carbonyl (C=O) groups excluding carboxylic acids is 1. The van der Waals surface area contributed by atoms with E-state index >= 15 is 0 Å². The van der Waals surface area contributed by atoms with E-state index < -0.39 is 0 Å². The number of nitrogens with zero attached hydrogens (tertiary/aromatic N) is 1. The van der Waals surface area contributed by atoms with Gasteiger partial charge in [-0.2, -0.15) is 0 Å². The average Bonchev–Trinajstić information content (AvgIpc) is 2.15. The molecule has 0 fully saturated rings.